The van der Waals surface area contributed by atoms with E-state index in [4.69, 9.17) is 4.74 Å². The maximum absolute atomic E-state index is 6.50. The van der Waals surface area contributed by atoms with Gasteiger partial charge in [0, 0.05) is 39.9 Å². The van der Waals surface area contributed by atoms with Crippen molar-refractivity contribution in [2.24, 2.45) is 4.99 Å². The molecule has 0 bridgehead atoms. The van der Waals surface area contributed by atoms with Crippen molar-refractivity contribution in [2.45, 2.75) is 12.5 Å². The summed E-state index contributed by atoms with van der Waals surface area (Å²) in [5.41, 5.74) is 8.08. The van der Waals surface area contributed by atoms with Crippen molar-refractivity contribution in [1.29, 1.82) is 0 Å². The second-order valence-electron chi connectivity index (χ2n) is 11.8. The van der Waals surface area contributed by atoms with Gasteiger partial charge in [0.15, 0.2) is 0 Å². The number of hydrogen-bond acceptors (Lipinski definition) is 2. The number of aliphatic imine (C=N–C) groups is 1. The molecule has 0 N–H and O–H groups in total. The monoisotopic (exact) mass is 578 g/mol. The first-order chi connectivity index (χ1) is 22.3. The summed E-state index contributed by atoms with van der Waals surface area (Å²) in [6.45, 7) is 0. The van der Waals surface area contributed by atoms with Crippen LogP contribution in [0.1, 0.15) is 23.6 Å². The van der Waals surface area contributed by atoms with Crippen LogP contribution in [0.2, 0.25) is 0 Å². The number of fused-ring (bicyclic) bond motifs is 9. The van der Waals surface area contributed by atoms with Crippen LogP contribution in [0.4, 0.5) is 0 Å². The molecule has 1 fully saturated rings. The highest BCUT2D eigenvalue weighted by atomic mass is 16.5. The minimum Gasteiger partial charge on any atom is -0.438 e. The molecule has 6 aromatic carbocycles. The molecule has 0 spiro atoms. The van der Waals surface area contributed by atoms with Gasteiger partial charge in [0.1, 0.15) is 5.76 Å². The quantitative estimate of drug-likeness (QED) is 0.192. The smallest absolute Gasteiger partial charge is 0.223 e. The molecule has 45 heavy (non-hydrogen) atoms. The highest BCUT2D eigenvalue weighted by molar-refractivity contribution is 6.31. The van der Waals surface area contributed by atoms with Gasteiger partial charge in [0.05, 0.1) is 17.1 Å². The van der Waals surface area contributed by atoms with Gasteiger partial charge < -0.3 is 9.30 Å². The van der Waals surface area contributed by atoms with E-state index in [0.717, 1.165) is 40.0 Å². The third-order valence-corrected chi connectivity index (χ3v) is 9.35. The Labute approximate surface area is 261 Å². The van der Waals surface area contributed by atoms with E-state index in [1.54, 1.807) is 0 Å². The van der Waals surface area contributed by atoms with Crippen LogP contribution >= 0.6 is 0 Å². The predicted octanol–water partition coefficient (Wildman–Crippen LogP) is 10.4. The van der Waals surface area contributed by atoms with Crippen molar-refractivity contribution in [3.63, 3.8) is 0 Å². The van der Waals surface area contributed by atoms with Crippen molar-refractivity contribution in [3.8, 4) is 0 Å². The van der Waals surface area contributed by atoms with Crippen molar-refractivity contribution in [3.05, 3.63) is 174 Å². The largest absolute Gasteiger partial charge is 0.438 e. The van der Waals surface area contributed by atoms with E-state index in [2.05, 4.69) is 155 Å². The molecule has 7 aromatic rings. The fourth-order valence-corrected chi connectivity index (χ4v) is 7.50. The van der Waals surface area contributed by atoms with E-state index in [0.29, 0.717) is 5.90 Å². The van der Waals surface area contributed by atoms with Gasteiger partial charge in [-0.3, -0.25) is 4.99 Å². The minimum absolute atomic E-state index is 0.0818. The van der Waals surface area contributed by atoms with E-state index < -0.39 is 0 Å². The first-order valence-corrected chi connectivity index (χ1v) is 15.6. The molecule has 2 heterocycles. The van der Waals surface area contributed by atoms with E-state index >= 15 is 0 Å². The standard InChI is InChI=1S/C42H30N2O/c1-43-42-40(38(27-14-4-2-5-15-27)28-16-6-3-7-17-28)35-26-29(24-25-37(35)45-42)44-36-23-13-12-22-34(36)39-32-20-10-8-18-30(32)31-19-9-11-21-33(31)41(39)44/h2-23,25-26,29H,24H2,1H3. The minimum atomic E-state index is 0.0818. The lowest BCUT2D eigenvalue weighted by Crippen LogP contribution is -2.11. The number of para-hydroxylation sites is 1. The van der Waals surface area contributed by atoms with Gasteiger partial charge in [-0.25, -0.2) is 0 Å². The summed E-state index contributed by atoms with van der Waals surface area (Å²) in [5.74, 6) is 1.55. The Morgan fingerprint density at radius 1 is 0.644 bits per heavy atom. The molecular weight excluding hydrogens is 548 g/mol. The van der Waals surface area contributed by atoms with Crippen LogP contribution in [0.3, 0.4) is 0 Å². The van der Waals surface area contributed by atoms with Crippen LogP contribution in [0.25, 0.3) is 48.9 Å². The zero-order chi connectivity index (χ0) is 29.9. The second kappa shape index (κ2) is 10.2. The number of aromatic nitrogens is 1. The van der Waals surface area contributed by atoms with Crippen molar-refractivity contribution in [1.82, 2.24) is 4.57 Å². The fraction of sp³-hybridized carbons (Fsp3) is 0.0714. The Kier molecular flexibility index (Phi) is 5.85. The lowest BCUT2D eigenvalue weighted by molar-refractivity contribution is 0.439. The van der Waals surface area contributed by atoms with E-state index in [1.165, 1.54) is 43.4 Å². The number of hydrogen-bond donors (Lipinski definition) is 0. The number of rotatable bonds is 3. The normalized spacial score (nSPS) is 17.1. The predicted molar refractivity (Wildman–Crippen MR) is 188 cm³/mol. The summed E-state index contributed by atoms with van der Waals surface area (Å²) in [6, 6.07) is 47.9. The maximum atomic E-state index is 6.50. The Hall–Kier alpha value is -5.67. The summed E-state index contributed by atoms with van der Waals surface area (Å²) in [7, 11) is 1.82. The van der Waals surface area contributed by atoms with Gasteiger partial charge in [-0.2, -0.15) is 0 Å². The average molecular weight is 579 g/mol. The number of allylic oxidation sites excluding steroid dienone is 3. The molecule has 3 nitrogen and oxygen atoms in total. The zero-order valence-electron chi connectivity index (χ0n) is 24.9. The molecule has 1 saturated heterocycles. The summed E-state index contributed by atoms with van der Waals surface area (Å²) in [6.07, 6.45) is 5.50. The molecule has 0 radical (unpaired) electrons. The Balaban J connectivity index is 1.37. The van der Waals surface area contributed by atoms with Gasteiger partial charge in [0.2, 0.25) is 5.90 Å². The molecule has 1 atom stereocenters. The molecule has 9 rings (SSSR count). The van der Waals surface area contributed by atoms with Gasteiger partial charge in [-0.15, -0.1) is 0 Å². The third-order valence-electron chi connectivity index (χ3n) is 9.35. The summed E-state index contributed by atoms with van der Waals surface area (Å²) >= 11 is 0. The summed E-state index contributed by atoms with van der Waals surface area (Å²) < 4.78 is 9.07. The van der Waals surface area contributed by atoms with Crippen LogP contribution in [0.5, 0.6) is 0 Å². The second-order valence-corrected chi connectivity index (χ2v) is 11.8. The maximum Gasteiger partial charge on any atom is 0.223 e. The third kappa shape index (κ3) is 3.87. The fourth-order valence-electron chi connectivity index (χ4n) is 7.50. The van der Waals surface area contributed by atoms with E-state index in [-0.39, 0.29) is 6.04 Å². The van der Waals surface area contributed by atoms with Gasteiger partial charge in [0.25, 0.3) is 0 Å². The van der Waals surface area contributed by atoms with Gasteiger partial charge in [-0.05, 0) is 51.9 Å². The van der Waals surface area contributed by atoms with Crippen molar-refractivity contribution >= 4 is 54.8 Å². The molecule has 1 aliphatic carbocycles. The topological polar surface area (TPSA) is 26.5 Å². The van der Waals surface area contributed by atoms with Gasteiger partial charge in [-0.1, -0.05) is 127 Å². The molecule has 1 aromatic heterocycles. The first kappa shape index (κ1) is 25.8. The van der Waals surface area contributed by atoms with E-state index in [1.807, 2.05) is 7.05 Å². The lowest BCUT2D eigenvalue weighted by Gasteiger charge is -2.22. The molecular formula is C42H30N2O. The molecule has 214 valence electrons. The Bertz CT molecular complexity index is 2380. The summed E-state index contributed by atoms with van der Waals surface area (Å²) in [4.78, 5) is 4.68. The zero-order valence-corrected chi connectivity index (χ0v) is 24.9. The Morgan fingerprint density at radius 2 is 1.20 bits per heavy atom. The highest BCUT2D eigenvalue weighted by Crippen LogP contribution is 2.47. The van der Waals surface area contributed by atoms with E-state index in [9.17, 15) is 0 Å². The van der Waals surface area contributed by atoms with Crippen LogP contribution in [0, 0.1) is 0 Å². The van der Waals surface area contributed by atoms with Crippen LogP contribution in [-0.2, 0) is 4.74 Å². The van der Waals surface area contributed by atoms with Crippen LogP contribution in [0.15, 0.2) is 168 Å². The van der Waals surface area contributed by atoms with Crippen LogP contribution in [-0.4, -0.2) is 17.5 Å². The molecule has 1 aliphatic heterocycles. The average Bonchev–Trinajstić information content (AvgIpc) is 3.65. The molecule has 0 saturated carbocycles. The Morgan fingerprint density at radius 3 is 1.87 bits per heavy atom. The SMILES string of the molecule is CN=C1OC2=CCC(n3c4ccccc4c4c5ccccc5c5ccccc5c43)C=C2C1=C(c1ccccc1)c1ccccc1. The molecule has 1 unspecified atom stereocenters. The highest BCUT2D eigenvalue weighted by Gasteiger charge is 2.35. The molecule has 3 heteroatoms. The number of ether oxygens (including phenoxy) is 1. The number of benzene rings is 6. The lowest BCUT2D eigenvalue weighted by atomic mass is 9.87. The van der Waals surface area contributed by atoms with Gasteiger partial charge >= 0.3 is 0 Å². The molecule has 2 aliphatic rings. The summed E-state index contributed by atoms with van der Waals surface area (Å²) in [5, 5.41) is 7.74. The molecule has 0 amide bonds. The van der Waals surface area contributed by atoms with Crippen molar-refractivity contribution in [2.75, 3.05) is 7.05 Å². The van der Waals surface area contributed by atoms with Crippen LogP contribution < -0.4 is 0 Å². The number of nitrogens with zero attached hydrogens (tertiary/aromatic N) is 2. The van der Waals surface area contributed by atoms with Crippen molar-refractivity contribution < 1.29 is 4.74 Å². The first-order valence-electron chi connectivity index (χ1n) is 15.6.